The zero-order chi connectivity index (χ0) is 12.3. The number of allylic oxidation sites excluding steroid dienone is 2. The number of carbonyl (C=O) groups is 1. The number of hydrogen-bond acceptors (Lipinski definition) is 1. The van der Waals surface area contributed by atoms with Crippen LogP contribution in [0.2, 0.25) is 5.02 Å². The smallest absolute Gasteiger partial charge is 0.298 e. The SMILES string of the molecule is O=C/C(=C(\Cl)C(F)(F)F)c1ccc(Cl)cc1. The summed E-state index contributed by atoms with van der Waals surface area (Å²) in [5, 5.41) is -1.08. The molecule has 0 N–H and O–H groups in total. The summed E-state index contributed by atoms with van der Waals surface area (Å²) in [4.78, 5) is 10.6. The van der Waals surface area contributed by atoms with Crippen LogP contribution in [0.1, 0.15) is 5.56 Å². The molecule has 0 atom stereocenters. The molecule has 0 bridgehead atoms. The Kier molecular flexibility index (Phi) is 3.99. The second-order valence-corrected chi connectivity index (χ2v) is 3.66. The first-order valence-electron chi connectivity index (χ1n) is 4.04. The lowest BCUT2D eigenvalue weighted by atomic mass is 10.1. The zero-order valence-corrected chi connectivity index (χ0v) is 9.20. The molecule has 0 spiro atoms. The molecule has 1 rings (SSSR count). The average Bonchev–Trinajstić information content (AvgIpc) is 2.20. The van der Waals surface area contributed by atoms with E-state index in [1.165, 1.54) is 24.3 Å². The number of aldehydes is 1. The monoisotopic (exact) mass is 268 g/mol. The van der Waals surface area contributed by atoms with Gasteiger partial charge in [0.1, 0.15) is 5.03 Å². The fraction of sp³-hybridized carbons (Fsp3) is 0.100. The van der Waals surface area contributed by atoms with Crippen molar-refractivity contribution < 1.29 is 18.0 Å². The molecule has 1 aromatic carbocycles. The molecule has 0 aliphatic heterocycles. The van der Waals surface area contributed by atoms with Crippen molar-refractivity contribution in [1.29, 1.82) is 0 Å². The van der Waals surface area contributed by atoms with Crippen molar-refractivity contribution >= 4 is 35.1 Å². The van der Waals surface area contributed by atoms with Crippen LogP contribution in [-0.4, -0.2) is 12.5 Å². The maximum atomic E-state index is 12.3. The number of alkyl halides is 3. The van der Waals surface area contributed by atoms with Crippen LogP contribution < -0.4 is 0 Å². The Morgan fingerprint density at radius 1 is 1.19 bits per heavy atom. The summed E-state index contributed by atoms with van der Waals surface area (Å²) in [6, 6.07) is 5.34. The predicted molar refractivity (Wildman–Crippen MR) is 56.3 cm³/mol. The Balaban J connectivity index is 3.27. The third kappa shape index (κ3) is 3.00. The molecule has 16 heavy (non-hydrogen) atoms. The van der Waals surface area contributed by atoms with Gasteiger partial charge in [-0.05, 0) is 17.7 Å². The van der Waals surface area contributed by atoms with E-state index in [-0.39, 0.29) is 11.8 Å². The van der Waals surface area contributed by atoms with Gasteiger partial charge in [0.05, 0.1) is 0 Å². The van der Waals surface area contributed by atoms with Crippen LogP contribution >= 0.6 is 23.2 Å². The quantitative estimate of drug-likeness (QED) is 0.584. The second-order valence-electron chi connectivity index (χ2n) is 2.85. The Hall–Kier alpha value is -1.00. The highest BCUT2D eigenvalue weighted by atomic mass is 35.5. The highest BCUT2D eigenvalue weighted by Gasteiger charge is 2.35. The van der Waals surface area contributed by atoms with Gasteiger partial charge in [0.15, 0.2) is 6.29 Å². The van der Waals surface area contributed by atoms with Crippen molar-refractivity contribution in [3.8, 4) is 0 Å². The molecule has 0 amide bonds. The first kappa shape index (κ1) is 13.1. The molecule has 1 nitrogen and oxygen atoms in total. The van der Waals surface area contributed by atoms with Crippen molar-refractivity contribution in [2.24, 2.45) is 0 Å². The molecule has 0 aliphatic carbocycles. The van der Waals surface area contributed by atoms with Crippen molar-refractivity contribution in [1.82, 2.24) is 0 Å². The Morgan fingerprint density at radius 2 is 1.69 bits per heavy atom. The number of carbonyl (C=O) groups excluding carboxylic acids is 1. The maximum Gasteiger partial charge on any atom is 0.427 e. The molecule has 0 saturated heterocycles. The van der Waals surface area contributed by atoms with Crippen LogP contribution in [0.15, 0.2) is 29.3 Å². The molecule has 0 aromatic heterocycles. The molecule has 86 valence electrons. The molecule has 0 radical (unpaired) electrons. The lowest BCUT2D eigenvalue weighted by Crippen LogP contribution is -2.10. The molecule has 0 aliphatic rings. The lowest BCUT2D eigenvalue weighted by Gasteiger charge is -2.08. The van der Waals surface area contributed by atoms with Gasteiger partial charge in [-0.2, -0.15) is 13.2 Å². The van der Waals surface area contributed by atoms with Crippen molar-refractivity contribution in [2.75, 3.05) is 0 Å². The minimum Gasteiger partial charge on any atom is -0.298 e. The number of benzene rings is 1. The topological polar surface area (TPSA) is 17.1 Å². The van der Waals surface area contributed by atoms with Gasteiger partial charge >= 0.3 is 6.18 Å². The van der Waals surface area contributed by atoms with E-state index in [9.17, 15) is 18.0 Å². The Bertz CT molecular complexity index is 421. The van der Waals surface area contributed by atoms with Crippen molar-refractivity contribution in [3.05, 3.63) is 39.9 Å². The van der Waals surface area contributed by atoms with Gasteiger partial charge in [-0.15, -0.1) is 0 Å². The minimum absolute atomic E-state index is 0.0685. The van der Waals surface area contributed by atoms with E-state index < -0.39 is 16.8 Å². The third-order valence-electron chi connectivity index (χ3n) is 1.76. The summed E-state index contributed by atoms with van der Waals surface area (Å²) in [7, 11) is 0. The second kappa shape index (κ2) is 4.89. The summed E-state index contributed by atoms with van der Waals surface area (Å²) < 4.78 is 36.8. The summed E-state index contributed by atoms with van der Waals surface area (Å²) in [5.74, 6) is 0. The standard InChI is InChI=1S/C10H5Cl2F3O/c11-7-3-1-6(2-4-7)8(5-16)9(12)10(13,14)15/h1-5H/b9-8+. The van der Waals surface area contributed by atoms with Gasteiger partial charge < -0.3 is 0 Å². The van der Waals surface area contributed by atoms with Gasteiger partial charge in [-0.25, -0.2) is 0 Å². The largest absolute Gasteiger partial charge is 0.427 e. The maximum absolute atomic E-state index is 12.3. The first-order chi connectivity index (χ1) is 7.36. The molecule has 0 unspecified atom stereocenters. The molecule has 0 saturated carbocycles. The highest BCUT2D eigenvalue weighted by molar-refractivity contribution is 6.37. The predicted octanol–water partition coefficient (Wildman–Crippen LogP) is 4.05. The number of halogens is 5. The summed E-state index contributed by atoms with van der Waals surface area (Å²) >= 11 is 10.7. The molecule has 0 heterocycles. The highest BCUT2D eigenvalue weighted by Crippen LogP contribution is 2.34. The van der Waals surface area contributed by atoms with E-state index in [0.29, 0.717) is 5.02 Å². The van der Waals surface area contributed by atoms with Gasteiger partial charge in [0.2, 0.25) is 0 Å². The molecule has 6 heteroatoms. The fourth-order valence-electron chi connectivity index (χ4n) is 1.03. The number of hydrogen-bond donors (Lipinski definition) is 0. The molecular formula is C10H5Cl2F3O. The Labute approximate surface area is 99.5 Å². The molecule has 1 aromatic rings. The van der Waals surface area contributed by atoms with Crippen LogP contribution in [0.4, 0.5) is 13.2 Å². The van der Waals surface area contributed by atoms with Crippen LogP contribution in [0.5, 0.6) is 0 Å². The summed E-state index contributed by atoms with van der Waals surface area (Å²) in [5.41, 5.74) is -0.535. The average molecular weight is 269 g/mol. The van der Waals surface area contributed by atoms with E-state index >= 15 is 0 Å². The van der Waals surface area contributed by atoms with Gasteiger partial charge in [0.25, 0.3) is 0 Å². The minimum atomic E-state index is -4.74. The summed E-state index contributed by atoms with van der Waals surface area (Å²) in [6.45, 7) is 0. The first-order valence-corrected chi connectivity index (χ1v) is 4.80. The van der Waals surface area contributed by atoms with Crippen molar-refractivity contribution in [2.45, 2.75) is 6.18 Å². The van der Waals surface area contributed by atoms with E-state index in [1.807, 2.05) is 0 Å². The van der Waals surface area contributed by atoms with Gasteiger partial charge in [0, 0.05) is 10.6 Å². The third-order valence-corrected chi connectivity index (χ3v) is 2.43. The van der Waals surface area contributed by atoms with Crippen LogP contribution in [0, 0.1) is 0 Å². The van der Waals surface area contributed by atoms with Gasteiger partial charge in [-0.3, -0.25) is 4.79 Å². The number of rotatable bonds is 2. The molecule has 0 fully saturated rings. The Morgan fingerprint density at radius 3 is 2.06 bits per heavy atom. The van der Waals surface area contributed by atoms with E-state index in [2.05, 4.69) is 0 Å². The normalized spacial score (nSPS) is 13.3. The summed E-state index contributed by atoms with van der Waals surface area (Å²) in [6.07, 6.45) is -4.67. The van der Waals surface area contributed by atoms with Crippen molar-refractivity contribution in [3.63, 3.8) is 0 Å². The fourth-order valence-corrected chi connectivity index (χ4v) is 1.31. The van der Waals surface area contributed by atoms with Crippen LogP contribution in [-0.2, 0) is 4.79 Å². The zero-order valence-electron chi connectivity index (χ0n) is 7.68. The van der Waals surface area contributed by atoms with Crippen LogP contribution in [0.25, 0.3) is 5.57 Å². The van der Waals surface area contributed by atoms with E-state index in [0.717, 1.165) is 0 Å². The molecular weight excluding hydrogens is 264 g/mol. The van der Waals surface area contributed by atoms with Gasteiger partial charge in [-0.1, -0.05) is 35.3 Å². The van der Waals surface area contributed by atoms with E-state index in [1.54, 1.807) is 0 Å². The van der Waals surface area contributed by atoms with Crippen LogP contribution in [0.3, 0.4) is 0 Å². The lowest BCUT2D eigenvalue weighted by molar-refractivity contribution is -0.104. The van der Waals surface area contributed by atoms with E-state index in [4.69, 9.17) is 23.2 Å².